The van der Waals surface area contributed by atoms with Crippen molar-refractivity contribution in [2.45, 2.75) is 38.5 Å². The van der Waals surface area contributed by atoms with Gasteiger partial charge in [-0.3, -0.25) is 4.79 Å². The van der Waals surface area contributed by atoms with E-state index in [4.69, 9.17) is 0 Å². The first-order valence-electron chi connectivity index (χ1n) is 11.5. The molecule has 2 aromatic rings. The van der Waals surface area contributed by atoms with E-state index in [0.717, 1.165) is 18.4 Å². The van der Waals surface area contributed by atoms with Gasteiger partial charge in [-0.15, -0.1) is 0 Å². The van der Waals surface area contributed by atoms with Crippen LogP contribution in [0, 0.1) is 14.3 Å². The molecule has 1 N–H and O–H groups in total. The summed E-state index contributed by atoms with van der Waals surface area (Å²) in [6, 6.07) is 8.69. The number of carbonyl (C=O) groups excluding carboxylic acids is 1. The van der Waals surface area contributed by atoms with Crippen LogP contribution in [0.15, 0.2) is 72.5 Å². The van der Waals surface area contributed by atoms with E-state index in [2.05, 4.69) is 158 Å². The fourth-order valence-electron chi connectivity index (χ4n) is 4.66. The summed E-state index contributed by atoms with van der Waals surface area (Å²) in [6.07, 6.45) is 13.6. The second kappa shape index (κ2) is 12.2. The molecule has 2 aromatic carbocycles. The molecule has 1 aliphatic heterocycles. The summed E-state index contributed by atoms with van der Waals surface area (Å²) in [5.41, 5.74) is 5.26. The van der Waals surface area contributed by atoms with Crippen LogP contribution in [-0.2, 0) is 15.6 Å². The average molecular weight is 930 g/mol. The van der Waals surface area contributed by atoms with E-state index < -0.39 is 5.41 Å². The van der Waals surface area contributed by atoms with Crippen molar-refractivity contribution in [3.05, 3.63) is 97.9 Å². The Labute approximate surface area is 269 Å². The van der Waals surface area contributed by atoms with Crippen LogP contribution in [0.25, 0.3) is 0 Å². The van der Waals surface area contributed by atoms with Crippen molar-refractivity contribution in [3.63, 3.8) is 0 Å². The van der Waals surface area contributed by atoms with Gasteiger partial charge in [0, 0.05) is 62.0 Å². The molecule has 0 fully saturated rings. The highest BCUT2D eigenvalue weighted by molar-refractivity contribution is 14.1. The lowest BCUT2D eigenvalue weighted by Gasteiger charge is -2.26. The van der Waals surface area contributed by atoms with Crippen LogP contribution >= 0.6 is 90.4 Å². The zero-order chi connectivity index (χ0) is 26.8. The predicted octanol–water partition coefficient (Wildman–Crippen LogP) is 8.97. The number of fused-ring (bicyclic) bond motifs is 1. The summed E-state index contributed by atoms with van der Waals surface area (Å²) in [5, 5.41) is 3.25. The molecular formula is C29H30I4N2O. The highest BCUT2D eigenvalue weighted by Gasteiger charge is 2.40. The number of benzene rings is 2. The predicted molar refractivity (Wildman–Crippen MR) is 188 cm³/mol. The number of allylic oxidation sites excluding steroid dienone is 8. The van der Waals surface area contributed by atoms with E-state index >= 15 is 0 Å². The molecule has 3 rings (SSSR count). The van der Waals surface area contributed by atoms with Crippen molar-refractivity contribution in [3.8, 4) is 0 Å². The fourth-order valence-corrected chi connectivity index (χ4v) is 9.67. The summed E-state index contributed by atoms with van der Waals surface area (Å²) in [6.45, 7) is 8.54. The van der Waals surface area contributed by atoms with Crippen LogP contribution in [0.3, 0.4) is 0 Å². The van der Waals surface area contributed by atoms with Gasteiger partial charge in [-0.05, 0) is 141 Å². The van der Waals surface area contributed by atoms with E-state index in [0.29, 0.717) is 0 Å². The zero-order valence-electron chi connectivity index (χ0n) is 21.2. The highest BCUT2D eigenvalue weighted by atomic mass is 127. The Morgan fingerprint density at radius 2 is 1.50 bits per heavy atom. The minimum Gasteiger partial charge on any atom is -0.388 e. The Bertz CT molecular complexity index is 1300. The lowest BCUT2D eigenvalue weighted by atomic mass is 9.79. The molecular weight excluding hydrogens is 900 g/mol. The molecule has 0 bridgehead atoms. The zero-order valence-corrected chi connectivity index (χ0v) is 29.8. The number of halogens is 4. The van der Waals surface area contributed by atoms with Crippen LogP contribution in [0.2, 0.25) is 0 Å². The third-order valence-corrected chi connectivity index (χ3v) is 9.48. The molecule has 0 aromatic heterocycles. The normalized spacial score (nSPS) is 16.6. The molecule has 0 spiro atoms. The molecule has 7 heteroatoms. The maximum Gasteiger partial charge on any atom is 0.165 e. The van der Waals surface area contributed by atoms with Gasteiger partial charge in [0.15, 0.2) is 5.78 Å². The third-order valence-electron chi connectivity index (χ3n) is 6.53. The van der Waals surface area contributed by atoms with Gasteiger partial charge >= 0.3 is 0 Å². The molecule has 36 heavy (non-hydrogen) atoms. The van der Waals surface area contributed by atoms with E-state index in [1.54, 1.807) is 6.08 Å². The van der Waals surface area contributed by atoms with Gasteiger partial charge in [-0.2, -0.15) is 0 Å². The van der Waals surface area contributed by atoms with Crippen LogP contribution in [0.1, 0.15) is 38.8 Å². The summed E-state index contributed by atoms with van der Waals surface area (Å²) in [5.74, 6) is 0.0743. The Morgan fingerprint density at radius 3 is 2.17 bits per heavy atom. The molecule has 0 aliphatic carbocycles. The fraction of sp³-hybridized carbons (Fsp3) is 0.276. The Kier molecular flexibility index (Phi) is 10.2. The minimum absolute atomic E-state index is 0.0594. The van der Waals surface area contributed by atoms with Gasteiger partial charge in [0.25, 0.3) is 0 Å². The van der Waals surface area contributed by atoms with Crippen molar-refractivity contribution in [2.24, 2.45) is 0 Å². The molecule has 0 saturated heterocycles. The molecule has 0 radical (unpaired) electrons. The van der Waals surface area contributed by atoms with Gasteiger partial charge < -0.3 is 10.2 Å². The Morgan fingerprint density at radius 1 is 0.917 bits per heavy atom. The first-order chi connectivity index (χ1) is 16.8. The number of rotatable bonds is 7. The lowest BCUT2D eigenvalue weighted by Crippen LogP contribution is -2.29. The van der Waals surface area contributed by atoms with E-state index in [-0.39, 0.29) is 11.2 Å². The second-order valence-corrected chi connectivity index (χ2v) is 14.5. The van der Waals surface area contributed by atoms with Crippen molar-refractivity contribution in [1.82, 2.24) is 0 Å². The molecule has 3 nitrogen and oxygen atoms in total. The number of nitrogens with one attached hydrogen (secondary N) is 1. The van der Waals surface area contributed by atoms with Crippen molar-refractivity contribution >= 4 is 108 Å². The maximum absolute atomic E-state index is 13.1. The van der Waals surface area contributed by atoms with Crippen LogP contribution in [0.5, 0.6) is 0 Å². The van der Waals surface area contributed by atoms with Crippen LogP contribution < -0.4 is 10.2 Å². The monoisotopic (exact) mass is 930 g/mol. The largest absolute Gasteiger partial charge is 0.388 e. The quantitative estimate of drug-likeness (QED) is 0.171. The number of anilines is 2. The van der Waals surface area contributed by atoms with Crippen molar-refractivity contribution < 1.29 is 4.79 Å². The first kappa shape index (κ1) is 30.1. The van der Waals surface area contributed by atoms with Crippen LogP contribution in [0.4, 0.5) is 11.4 Å². The Hall–Kier alpha value is -0.410. The summed E-state index contributed by atoms with van der Waals surface area (Å²) in [7, 11) is 4.04. The number of nitrogens with zero attached hydrogens (tertiary/aromatic N) is 1. The minimum atomic E-state index is -0.632. The molecule has 1 heterocycles. The summed E-state index contributed by atoms with van der Waals surface area (Å²) < 4.78 is 4.79. The van der Waals surface area contributed by atoms with Crippen LogP contribution in [-0.4, -0.2) is 19.9 Å². The number of hydrogen-bond acceptors (Lipinski definition) is 3. The molecule has 0 unspecified atom stereocenters. The van der Waals surface area contributed by atoms with Crippen molar-refractivity contribution in [2.75, 3.05) is 24.3 Å². The van der Waals surface area contributed by atoms with Gasteiger partial charge in [0.05, 0.1) is 5.41 Å². The summed E-state index contributed by atoms with van der Waals surface area (Å²) in [4.78, 5) is 15.4. The number of likely N-dealkylation sites (N-methyl/N-ethyl adjacent to an activating group) is 1. The van der Waals surface area contributed by atoms with E-state index in [1.807, 2.05) is 45.2 Å². The number of hydrogen-bond donors (Lipinski definition) is 1. The second-order valence-electron chi connectivity index (χ2n) is 9.70. The number of carbonyl (C=O) groups is 1. The molecule has 0 saturated carbocycles. The van der Waals surface area contributed by atoms with Crippen molar-refractivity contribution in [1.29, 1.82) is 0 Å². The first-order valence-corrected chi connectivity index (χ1v) is 15.8. The SMILES string of the molecule is CNc1cc(I)cc(I)c1C(C)(C)C(=O)/C=C/C=C/C=C/C=C1\N(C)c2cc(I)cc(I)c2C1(C)C. The smallest absolute Gasteiger partial charge is 0.165 e. The Balaban J connectivity index is 1.72. The summed E-state index contributed by atoms with van der Waals surface area (Å²) >= 11 is 9.47. The lowest BCUT2D eigenvalue weighted by molar-refractivity contribution is -0.118. The standard InChI is InChI=1S/C29H30I4N2O/c1-28(2)24(35(6)23-17-19(31)15-21(33)27(23)28)12-10-8-7-9-11-13-25(36)29(3,4)26-20(32)14-18(30)16-22(26)34-5/h7-17,34H,1-6H3/b9-7+,10-8+,13-11+,24-12-. The average Bonchev–Trinajstić information content (AvgIpc) is 2.97. The highest BCUT2D eigenvalue weighted by Crippen LogP contribution is 2.49. The molecule has 0 atom stereocenters. The molecule has 1 aliphatic rings. The van der Waals surface area contributed by atoms with Gasteiger partial charge in [0.1, 0.15) is 0 Å². The third kappa shape index (κ3) is 6.24. The van der Waals surface area contributed by atoms with E-state index in [9.17, 15) is 4.79 Å². The maximum atomic E-state index is 13.1. The van der Waals surface area contributed by atoms with Gasteiger partial charge in [-0.25, -0.2) is 0 Å². The molecule has 0 amide bonds. The van der Waals surface area contributed by atoms with Gasteiger partial charge in [0.2, 0.25) is 0 Å². The molecule has 190 valence electrons. The topological polar surface area (TPSA) is 32.3 Å². The number of ketones is 1. The van der Waals surface area contributed by atoms with Gasteiger partial charge in [-0.1, -0.05) is 44.2 Å². The van der Waals surface area contributed by atoms with E-state index in [1.165, 1.54) is 24.1 Å².